The summed E-state index contributed by atoms with van der Waals surface area (Å²) >= 11 is 0. The Morgan fingerprint density at radius 2 is 1.67 bits per heavy atom. The standard InChI is InChI=1S/C24H27N3O6/c1-14(2)26-22(29)16-8-6-7-9-17(16)27-20(28)10-11-24(26,27)23(30)25-15-12-18(31-3)21(33-5)19(13-15)32-4/h6-9,12-14H,10-11H2,1-5H3,(H,25,30). The predicted molar refractivity (Wildman–Crippen MR) is 122 cm³/mol. The smallest absolute Gasteiger partial charge is 0.271 e. The third-order valence-electron chi connectivity index (χ3n) is 6.10. The number of rotatable bonds is 6. The van der Waals surface area contributed by atoms with Crippen molar-refractivity contribution in [3.05, 3.63) is 42.0 Å². The summed E-state index contributed by atoms with van der Waals surface area (Å²) in [6.45, 7) is 3.67. The highest BCUT2D eigenvalue weighted by atomic mass is 16.5. The molecule has 2 aromatic carbocycles. The van der Waals surface area contributed by atoms with Gasteiger partial charge >= 0.3 is 0 Å². The normalized spacial score (nSPS) is 19.3. The lowest BCUT2D eigenvalue weighted by molar-refractivity contribution is -0.129. The predicted octanol–water partition coefficient (Wildman–Crippen LogP) is 3.04. The Balaban J connectivity index is 1.83. The van der Waals surface area contributed by atoms with Gasteiger partial charge in [0.25, 0.3) is 11.8 Å². The third kappa shape index (κ3) is 3.26. The number of carbonyl (C=O) groups excluding carboxylic acids is 3. The summed E-state index contributed by atoms with van der Waals surface area (Å²) in [4.78, 5) is 43.5. The number of nitrogens with zero attached hydrogens (tertiary/aromatic N) is 2. The zero-order chi connectivity index (χ0) is 23.9. The van der Waals surface area contributed by atoms with Gasteiger partial charge in [0.2, 0.25) is 17.3 Å². The molecule has 2 aliphatic rings. The van der Waals surface area contributed by atoms with Gasteiger partial charge in [-0.1, -0.05) is 12.1 Å². The van der Waals surface area contributed by atoms with Gasteiger partial charge in [0.05, 0.1) is 32.6 Å². The van der Waals surface area contributed by atoms with Crippen molar-refractivity contribution in [2.24, 2.45) is 0 Å². The van der Waals surface area contributed by atoms with E-state index in [1.807, 2.05) is 13.8 Å². The highest BCUT2D eigenvalue weighted by molar-refractivity contribution is 6.18. The van der Waals surface area contributed by atoms with Gasteiger partial charge in [0.15, 0.2) is 11.5 Å². The number of ether oxygens (including phenoxy) is 3. The first-order chi connectivity index (χ1) is 15.8. The SMILES string of the molecule is COc1cc(NC(=O)C23CCC(=O)N2c2ccccc2C(=O)N3C(C)C)cc(OC)c1OC. The van der Waals surface area contributed by atoms with E-state index in [2.05, 4.69) is 5.32 Å². The minimum Gasteiger partial charge on any atom is -0.493 e. The second-order valence-corrected chi connectivity index (χ2v) is 8.20. The first-order valence-electron chi connectivity index (χ1n) is 10.7. The maximum Gasteiger partial charge on any atom is 0.271 e. The molecule has 33 heavy (non-hydrogen) atoms. The molecule has 1 unspecified atom stereocenters. The van der Waals surface area contributed by atoms with Crippen LogP contribution in [0.4, 0.5) is 11.4 Å². The van der Waals surface area contributed by atoms with Gasteiger partial charge in [-0.2, -0.15) is 0 Å². The Labute approximate surface area is 192 Å². The second kappa shape index (κ2) is 8.31. The summed E-state index contributed by atoms with van der Waals surface area (Å²) in [7, 11) is 4.46. The summed E-state index contributed by atoms with van der Waals surface area (Å²) in [5, 5.41) is 2.89. The quantitative estimate of drug-likeness (QED) is 0.722. The van der Waals surface area contributed by atoms with E-state index in [1.54, 1.807) is 36.4 Å². The van der Waals surface area contributed by atoms with Crippen LogP contribution in [0.2, 0.25) is 0 Å². The Morgan fingerprint density at radius 3 is 2.24 bits per heavy atom. The summed E-state index contributed by atoms with van der Waals surface area (Å²) in [5.41, 5.74) is -0.255. The van der Waals surface area contributed by atoms with E-state index >= 15 is 0 Å². The fraction of sp³-hybridized carbons (Fsp3) is 0.375. The Morgan fingerprint density at radius 1 is 1.03 bits per heavy atom. The van der Waals surface area contributed by atoms with Crippen molar-refractivity contribution in [2.75, 3.05) is 31.5 Å². The van der Waals surface area contributed by atoms with E-state index in [-0.39, 0.29) is 30.7 Å². The van der Waals surface area contributed by atoms with Crippen molar-refractivity contribution in [2.45, 2.75) is 38.4 Å². The molecule has 1 fully saturated rings. The number of nitrogens with one attached hydrogen (secondary N) is 1. The van der Waals surface area contributed by atoms with Crippen LogP contribution in [0.3, 0.4) is 0 Å². The van der Waals surface area contributed by atoms with E-state index in [9.17, 15) is 14.4 Å². The molecule has 1 saturated heterocycles. The second-order valence-electron chi connectivity index (χ2n) is 8.20. The number of hydrogen-bond acceptors (Lipinski definition) is 6. The fourth-order valence-electron chi connectivity index (χ4n) is 4.79. The number of carbonyl (C=O) groups is 3. The van der Waals surface area contributed by atoms with Crippen molar-refractivity contribution in [1.82, 2.24) is 4.90 Å². The fourth-order valence-corrected chi connectivity index (χ4v) is 4.79. The van der Waals surface area contributed by atoms with Gasteiger partial charge in [0.1, 0.15) is 0 Å². The number of anilines is 2. The molecule has 0 saturated carbocycles. The summed E-state index contributed by atoms with van der Waals surface area (Å²) in [6, 6.07) is 9.77. The van der Waals surface area contributed by atoms with Crippen LogP contribution in [0.5, 0.6) is 17.2 Å². The zero-order valence-electron chi connectivity index (χ0n) is 19.3. The lowest BCUT2D eigenvalue weighted by atomic mass is 9.94. The lowest BCUT2D eigenvalue weighted by Crippen LogP contribution is -2.70. The average Bonchev–Trinajstić information content (AvgIpc) is 3.16. The van der Waals surface area contributed by atoms with Crippen LogP contribution in [0.15, 0.2) is 36.4 Å². The van der Waals surface area contributed by atoms with Gasteiger partial charge in [0, 0.05) is 36.7 Å². The first kappa shape index (κ1) is 22.4. The van der Waals surface area contributed by atoms with Crippen molar-refractivity contribution in [3.63, 3.8) is 0 Å². The highest BCUT2D eigenvalue weighted by Crippen LogP contribution is 2.46. The Bertz CT molecular complexity index is 1110. The maximum atomic E-state index is 13.9. The minimum absolute atomic E-state index is 0.146. The minimum atomic E-state index is -1.49. The molecule has 9 heteroatoms. The Hall–Kier alpha value is -3.75. The number of benzene rings is 2. The number of methoxy groups -OCH3 is 3. The molecule has 1 atom stereocenters. The summed E-state index contributed by atoms with van der Waals surface area (Å²) in [6.07, 6.45) is 0.327. The van der Waals surface area contributed by atoms with E-state index < -0.39 is 11.6 Å². The van der Waals surface area contributed by atoms with Gasteiger partial charge < -0.3 is 24.4 Å². The molecular formula is C24H27N3O6. The van der Waals surface area contributed by atoms with Crippen molar-refractivity contribution in [1.29, 1.82) is 0 Å². The van der Waals surface area contributed by atoms with Crippen molar-refractivity contribution >= 4 is 29.1 Å². The van der Waals surface area contributed by atoms with Crippen LogP contribution in [0.25, 0.3) is 0 Å². The Kier molecular flexibility index (Phi) is 5.65. The van der Waals surface area contributed by atoms with Gasteiger partial charge in [-0.05, 0) is 26.0 Å². The number of amides is 3. The van der Waals surface area contributed by atoms with Crippen molar-refractivity contribution in [3.8, 4) is 17.2 Å². The number of hydrogen-bond donors (Lipinski definition) is 1. The third-order valence-corrected chi connectivity index (χ3v) is 6.10. The zero-order valence-corrected chi connectivity index (χ0v) is 19.3. The van der Waals surface area contributed by atoms with Crippen LogP contribution in [-0.4, -0.2) is 55.7 Å². The average molecular weight is 453 g/mol. The van der Waals surface area contributed by atoms with E-state index in [0.717, 1.165) is 0 Å². The monoisotopic (exact) mass is 453 g/mol. The van der Waals surface area contributed by atoms with Crippen LogP contribution in [0.1, 0.15) is 37.0 Å². The topological polar surface area (TPSA) is 97.4 Å². The molecule has 2 heterocycles. The maximum absolute atomic E-state index is 13.9. The molecule has 9 nitrogen and oxygen atoms in total. The molecule has 3 amide bonds. The van der Waals surface area contributed by atoms with Crippen LogP contribution in [0, 0.1) is 0 Å². The number of fused-ring (bicyclic) bond motifs is 3. The molecule has 0 spiro atoms. The first-order valence-corrected chi connectivity index (χ1v) is 10.7. The molecule has 0 aliphatic carbocycles. The molecule has 174 valence electrons. The largest absolute Gasteiger partial charge is 0.493 e. The van der Waals surface area contributed by atoms with E-state index in [4.69, 9.17) is 14.2 Å². The van der Waals surface area contributed by atoms with Gasteiger partial charge in [-0.3, -0.25) is 19.3 Å². The van der Waals surface area contributed by atoms with E-state index in [1.165, 1.54) is 31.1 Å². The van der Waals surface area contributed by atoms with E-state index in [0.29, 0.717) is 34.2 Å². The van der Waals surface area contributed by atoms with Crippen molar-refractivity contribution < 1.29 is 28.6 Å². The molecular weight excluding hydrogens is 426 g/mol. The summed E-state index contributed by atoms with van der Waals surface area (Å²) < 4.78 is 16.1. The lowest BCUT2D eigenvalue weighted by Gasteiger charge is -2.50. The van der Waals surface area contributed by atoms with Crippen LogP contribution < -0.4 is 24.4 Å². The van der Waals surface area contributed by atoms with Gasteiger partial charge in [-0.15, -0.1) is 0 Å². The molecule has 4 rings (SSSR count). The van der Waals surface area contributed by atoms with Gasteiger partial charge in [-0.25, -0.2) is 0 Å². The molecule has 1 N–H and O–H groups in total. The van der Waals surface area contributed by atoms with Crippen LogP contribution >= 0.6 is 0 Å². The molecule has 0 radical (unpaired) electrons. The molecule has 0 aromatic heterocycles. The highest BCUT2D eigenvalue weighted by Gasteiger charge is 2.61. The molecule has 2 aliphatic heterocycles. The molecule has 2 aromatic rings. The number of para-hydroxylation sites is 1. The molecule has 0 bridgehead atoms. The summed E-state index contributed by atoms with van der Waals surface area (Å²) in [5.74, 6) is 0.149. The van der Waals surface area contributed by atoms with Crippen LogP contribution in [-0.2, 0) is 9.59 Å².